The molecule has 2 fully saturated rings. The highest BCUT2D eigenvalue weighted by Crippen LogP contribution is 2.39. The van der Waals surface area contributed by atoms with Crippen LogP contribution in [0, 0.1) is 0 Å². The lowest BCUT2D eigenvalue weighted by molar-refractivity contribution is -0.137. The average Bonchev–Trinajstić information content (AvgIpc) is 3.31. The molecule has 2 heterocycles. The Labute approximate surface area is 159 Å². The fourth-order valence-electron chi connectivity index (χ4n) is 3.22. The van der Waals surface area contributed by atoms with Gasteiger partial charge in [0.15, 0.2) is 0 Å². The molecule has 0 spiro atoms. The van der Waals surface area contributed by atoms with E-state index in [1.54, 1.807) is 4.90 Å². The van der Waals surface area contributed by atoms with Gasteiger partial charge < -0.3 is 4.90 Å². The Kier molecular flexibility index (Phi) is 4.61. The molecule has 1 aromatic heterocycles. The van der Waals surface area contributed by atoms with Gasteiger partial charge in [-0.1, -0.05) is 22.9 Å². The summed E-state index contributed by atoms with van der Waals surface area (Å²) in [5, 5.41) is 7.97. The summed E-state index contributed by atoms with van der Waals surface area (Å²) in [5.41, 5.74) is 0.598. The van der Waals surface area contributed by atoms with Crippen molar-refractivity contribution < 1.29 is 18.0 Å². The van der Waals surface area contributed by atoms with Crippen LogP contribution in [0.2, 0.25) is 5.02 Å². The second kappa shape index (κ2) is 6.82. The van der Waals surface area contributed by atoms with Gasteiger partial charge in [-0.25, -0.2) is 4.68 Å². The zero-order valence-electron chi connectivity index (χ0n) is 14.4. The smallest absolute Gasteiger partial charge is 0.338 e. The molecular formula is C18H18ClF3N4O. The van der Waals surface area contributed by atoms with E-state index < -0.39 is 11.7 Å². The second-order valence-electron chi connectivity index (χ2n) is 7.16. The molecule has 1 aromatic carbocycles. The molecule has 4 rings (SSSR count). The number of alkyl halides is 3. The van der Waals surface area contributed by atoms with Crippen LogP contribution >= 0.6 is 11.6 Å². The number of hydrogen-bond donors (Lipinski definition) is 0. The minimum absolute atomic E-state index is 0.0720. The van der Waals surface area contributed by atoms with Gasteiger partial charge in [-0.15, -0.1) is 5.10 Å². The van der Waals surface area contributed by atoms with Gasteiger partial charge in [-0.05, 0) is 37.0 Å². The van der Waals surface area contributed by atoms with Gasteiger partial charge in [0.1, 0.15) is 0 Å². The summed E-state index contributed by atoms with van der Waals surface area (Å²) in [7, 11) is 0. The number of aryl methyl sites for hydroxylation is 1. The van der Waals surface area contributed by atoms with E-state index in [9.17, 15) is 18.0 Å². The highest BCUT2D eigenvalue weighted by molar-refractivity contribution is 6.31. The lowest BCUT2D eigenvalue weighted by Crippen LogP contribution is -2.51. The van der Waals surface area contributed by atoms with Crippen LogP contribution in [0.5, 0.6) is 0 Å². The molecule has 0 atom stereocenters. The first-order chi connectivity index (χ1) is 12.8. The maximum Gasteiger partial charge on any atom is 0.417 e. The standard InChI is InChI=1S/C18H18ClF3N4O/c19-15-5-1-11(7-14(15)18(20,21)22)2-6-17(27)25-8-13(9-25)26-10-16(23-24-26)12-3-4-12/h1,5,7,10,12-13H,2-4,6,8-9H2. The Bertz CT molecular complexity index is 857. The van der Waals surface area contributed by atoms with E-state index in [0.29, 0.717) is 24.6 Å². The van der Waals surface area contributed by atoms with E-state index in [-0.39, 0.29) is 29.8 Å². The molecular weight excluding hydrogens is 381 g/mol. The van der Waals surface area contributed by atoms with Crippen molar-refractivity contribution in [2.24, 2.45) is 0 Å². The number of carbonyl (C=O) groups excluding carboxylic acids is 1. The number of amides is 1. The van der Waals surface area contributed by atoms with Crippen molar-refractivity contribution >= 4 is 17.5 Å². The first-order valence-corrected chi connectivity index (χ1v) is 9.24. The summed E-state index contributed by atoms with van der Waals surface area (Å²) in [6.07, 6.45) is 0.185. The van der Waals surface area contributed by atoms with Crippen LogP contribution < -0.4 is 0 Å². The number of nitrogens with zero attached hydrogens (tertiary/aromatic N) is 4. The first-order valence-electron chi connectivity index (χ1n) is 8.86. The molecule has 2 aliphatic rings. The molecule has 1 amide bonds. The van der Waals surface area contributed by atoms with Gasteiger partial charge in [0.2, 0.25) is 5.91 Å². The normalized spacial score (nSPS) is 17.9. The van der Waals surface area contributed by atoms with Crippen molar-refractivity contribution in [3.63, 3.8) is 0 Å². The van der Waals surface area contributed by atoms with E-state index in [1.807, 2.05) is 10.9 Å². The zero-order chi connectivity index (χ0) is 19.2. The summed E-state index contributed by atoms with van der Waals surface area (Å²) in [5.74, 6) is 0.467. The molecule has 9 heteroatoms. The van der Waals surface area contributed by atoms with Crippen LogP contribution in [-0.2, 0) is 17.4 Å². The van der Waals surface area contributed by atoms with Gasteiger partial charge in [-0.3, -0.25) is 4.79 Å². The highest BCUT2D eigenvalue weighted by atomic mass is 35.5. The van der Waals surface area contributed by atoms with Crippen LogP contribution in [0.1, 0.15) is 48.0 Å². The van der Waals surface area contributed by atoms with Gasteiger partial charge in [0.05, 0.1) is 22.3 Å². The minimum atomic E-state index is -4.50. The van der Waals surface area contributed by atoms with Gasteiger partial charge in [-0.2, -0.15) is 13.2 Å². The van der Waals surface area contributed by atoms with Crippen molar-refractivity contribution in [2.45, 2.75) is 43.8 Å². The van der Waals surface area contributed by atoms with E-state index in [4.69, 9.17) is 11.6 Å². The zero-order valence-corrected chi connectivity index (χ0v) is 15.2. The SMILES string of the molecule is O=C(CCc1ccc(Cl)c(C(F)(F)F)c1)N1CC(n2cc(C3CC3)nn2)C1. The number of carbonyl (C=O) groups is 1. The molecule has 1 saturated heterocycles. The summed E-state index contributed by atoms with van der Waals surface area (Å²) < 4.78 is 40.5. The molecule has 5 nitrogen and oxygen atoms in total. The molecule has 0 bridgehead atoms. The number of hydrogen-bond acceptors (Lipinski definition) is 3. The van der Waals surface area contributed by atoms with E-state index in [1.165, 1.54) is 12.1 Å². The number of aromatic nitrogens is 3. The second-order valence-corrected chi connectivity index (χ2v) is 7.57. The summed E-state index contributed by atoms with van der Waals surface area (Å²) in [4.78, 5) is 14.0. The maximum atomic E-state index is 12.9. The van der Waals surface area contributed by atoms with Gasteiger partial charge in [0, 0.05) is 31.6 Å². The van der Waals surface area contributed by atoms with Crippen LogP contribution in [0.4, 0.5) is 13.2 Å². The first kappa shape index (κ1) is 18.3. The quantitative estimate of drug-likeness (QED) is 0.768. The average molecular weight is 399 g/mol. The molecule has 1 aliphatic carbocycles. The number of benzene rings is 1. The predicted molar refractivity (Wildman–Crippen MR) is 92.4 cm³/mol. The van der Waals surface area contributed by atoms with Crippen molar-refractivity contribution in [1.29, 1.82) is 0 Å². The van der Waals surface area contributed by atoms with Crippen molar-refractivity contribution in [2.75, 3.05) is 13.1 Å². The summed E-state index contributed by atoms with van der Waals surface area (Å²) in [6.45, 7) is 1.11. The Hall–Kier alpha value is -2.09. The molecule has 1 aliphatic heterocycles. The fourth-order valence-corrected chi connectivity index (χ4v) is 3.44. The Morgan fingerprint density at radius 1 is 1.26 bits per heavy atom. The van der Waals surface area contributed by atoms with E-state index >= 15 is 0 Å². The number of halogens is 4. The predicted octanol–water partition coefficient (Wildman–Crippen LogP) is 3.84. The van der Waals surface area contributed by atoms with Crippen molar-refractivity contribution in [3.8, 4) is 0 Å². The van der Waals surface area contributed by atoms with Crippen LogP contribution in [0.15, 0.2) is 24.4 Å². The molecule has 144 valence electrons. The maximum absolute atomic E-state index is 12.9. The molecule has 1 saturated carbocycles. The Morgan fingerprint density at radius 2 is 2.00 bits per heavy atom. The highest BCUT2D eigenvalue weighted by Gasteiger charge is 2.35. The van der Waals surface area contributed by atoms with E-state index in [2.05, 4.69) is 10.3 Å². The third kappa shape index (κ3) is 3.95. The van der Waals surface area contributed by atoms with Crippen molar-refractivity contribution in [3.05, 3.63) is 46.2 Å². The third-order valence-corrected chi connectivity index (χ3v) is 5.41. The molecule has 0 unspecified atom stereocenters. The van der Waals surface area contributed by atoms with Crippen molar-refractivity contribution in [1.82, 2.24) is 19.9 Å². The molecule has 2 aromatic rings. The third-order valence-electron chi connectivity index (χ3n) is 5.08. The van der Waals surface area contributed by atoms with E-state index in [0.717, 1.165) is 24.6 Å². The molecule has 27 heavy (non-hydrogen) atoms. The van der Waals surface area contributed by atoms with Crippen LogP contribution in [0.25, 0.3) is 0 Å². The topological polar surface area (TPSA) is 51.0 Å². The number of rotatable bonds is 5. The van der Waals surface area contributed by atoms with Gasteiger partial charge >= 0.3 is 6.18 Å². The van der Waals surface area contributed by atoms with Gasteiger partial charge in [0.25, 0.3) is 0 Å². The van der Waals surface area contributed by atoms with Crippen LogP contribution in [-0.4, -0.2) is 38.9 Å². The summed E-state index contributed by atoms with van der Waals surface area (Å²) in [6, 6.07) is 3.90. The molecule has 0 N–H and O–H groups in total. The van der Waals surface area contributed by atoms with Crippen LogP contribution in [0.3, 0.4) is 0 Å². The Balaban J connectivity index is 1.29. The fraction of sp³-hybridized carbons (Fsp3) is 0.500. The number of likely N-dealkylation sites (tertiary alicyclic amines) is 1. The Morgan fingerprint density at radius 3 is 2.67 bits per heavy atom. The lowest BCUT2D eigenvalue weighted by atomic mass is 10.0. The summed E-state index contributed by atoms with van der Waals surface area (Å²) >= 11 is 5.62. The monoisotopic (exact) mass is 398 g/mol. The minimum Gasteiger partial charge on any atom is -0.338 e. The molecule has 0 radical (unpaired) electrons. The lowest BCUT2D eigenvalue weighted by Gasteiger charge is -2.39. The largest absolute Gasteiger partial charge is 0.417 e.